The van der Waals surface area contributed by atoms with Crippen LogP contribution in [0.5, 0.6) is 0 Å². The topological polar surface area (TPSA) is 114 Å². The summed E-state index contributed by atoms with van der Waals surface area (Å²) in [4.78, 5) is 23.4. The Labute approximate surface area is 161 Å². The summed E-state index contributed by atoms with van der Waals surface area (Å²) in [5.41, 5.74) is 0. The zero-order valence-corrected chi connectivity index (χ0v) is 15.1. The van der Waals surface area contributed by atoms with Gasteiger partial charge in [-0.1, -0.05) is 5.16 Å². The number of halogens is 4. The highest BCUT2D eigenvalue weighted by Gasteiger charge is 2.44. The molecule has 0 amide bonds. The second-order valence-electron chi connectivity index (χ2n) is 6.66. The van der Waals surface area contributed by atoms with E-state index in [2.05, 4.69) is 25.0 Å². The number of carboxylic acids is 1. The van der Waals surface area contributed by atoms with E-state index in [-0.39, 0.29) is 5.92 Å². The van der Waals surface area contributed by atoms with Crippen molar-refractivity contribution < 1.29 is 36.7 Å². The number of carboxylic acid groups (broad SMARTS) is 1. The van der Waals surface area contributed by atoms with E-state index in [0.29, 0.717) is 42.7 Å². The van der Waals surface area contributed by atoms with E-state index in [1.807, 2.05) is 6.92 Å². The van der Waals surface area contributed by atoms with Gasteiger partial charge in [-0.25, -0.2) is 19.2 Å². The zero-order chi connectivity index (χ0) is 21.2. The summed E-state index contributed by atoms with van der Waals surface area (Å²) < 4.78 is 55.7. The predicted octanol–water partition coefficient (Wildman–Crippen LogP) is 1.81. The number of rotatable bonds is 2. The molecule has 3 atom stereocenters. The van der Waals surface area contributed by atoms with Crippen LogP contribution in [0.4, 0.5) is 23.5 Å². The normalized spacial score (nSPS) is 23.9. The molecule has 9 nitrogen and oxygen atoms in total. The molecule has 29 heavy (non-hydrogen) atoms. The lowest BCUT2D eigenvalue weighted by Gasteiger charge is -2.30. The van der Waals surface area contributed by atoms with Crippen LogP contribution in [0, 0.1) is 24.6 Å². The smallest absolute Gasteiger partial charge is 0.475 e. The first-order chi connectivity index (χ1) is 13.6. The maximum atomic E-state index is 13.0. The van der Waals surface area contributed by atoms with Crippen LogP contribution >= 0.6 is 0 Å². The molecular weight excluding hydrogens is 402 g/mol. The Morgan fingerprint density at radius 1 is 1.24 bits per heavy atom. The van der Waals surface area contributed by atoms with Crippen molar-refractivity contribution >= 4 is 11.9 Å². The van der Waals surface area contributed by atoms with E-state index in [1.54, 1.807) is 0 Å². The Hall–Kier alpha value is -2.83. The third-order valence-corrected chi connectivity index (χ3v) is 4.63. The molecule has 0 aliphatic carbocycles. The van der Waals surface area contributed by atoms with Crippen LogP contribution in [-0.4, -0.2) is 63.7 Å². The monoisotopic (exact) mass is 419 g/mol. The van der Waals surface area contributed by atoms with E-state index in [1.165, 1.54) is 12.4 Å². The van der Waals surface area contributed by atoms with Crippen molar-refractivity contribution in [1.82, 2.24) is 20.1 Å². The Morgan fingerprint density at radius 2 is 1.90 bits per heavy atom. The van der Waals surface area contributed by atoms with E-state index in [0.717, 1.165) is 13.1 Å². The van der Waals surface area contributed by atoms with E-state index >= 15 is 0 Å². The quantitative estimate of drug-likeness (QED) is 0.728. The molecule has 0 aromatic carbocycles. The largest absolute Gasteiger partial charge is 0.490 e. The number of nitrogens with zero attached hydrogens (tertiary/aromatic N) is 5. The van der Waals surface area contributed by atoms with Crippen molar-refractivity contribution in [2.75, 3.05) is 31.2 Å². The minimum atomic E-state index is -5.08. The van der Waals surface area contributed by atoms with Crippen LogP contribution in [0.25, 0.3) is 0 Å². The zero-order valence-electron chi connectivity index (χ0n) is 15.1. The molecule has 0 unspecified atom stereocenters. The number of carbonyl (C=O) groups is 1. The first-order valence-electron chi connectivity index (χ1n) is 8.55. The summed E-state index contributed by atoms with van der Waals surface area (Å²) >= 11 is 0. The van der Waals surface area contributed by atoms with Crippen molar-refractivity contribution in [3.8, 4) is 0 Å². The molecule has 13 heteroatoms. The summed E-state index contributed by atoms with van der Waals surface area (Å²) in [6.07, 6.45) is -2.70. The van der Waals surface area contributed by atoms with Gasteiger partial charge in [0.2, 0.25) is 11.8 Å². The van der Waals surface area contributed by atoms with Crippen LogP contribution in [0.3, 0.4) is 0 Å². The Morgan fingerprint density at radius 3 is 2.45 bits per heavy atom. The number of ether oxygens (including phenoxy) is 1. The fourth-order valence-corrected chi connectivity index (χ4v) is 3.35. The number of hydrogen-bond acceptors (Lipinski definition) is 8. The van der Waals surface area contributed by atoms with Crippen molar-refractivity contribution in [2.45, 2.75) is 19.0 Å². The van der Waals surface area contributed by atoms with Crippen LogP contribution in [0.15, 0.2) is 16.9 Å². The fraction of sp³-hybridized carbons (Fsp3) is 0.562. The van der Waals surface area contributed by atoms with Crippen molar-refractivity contribution in [3.05, 3.63) is 29.9 Å². The van der Waals surface area contributed by atoms with Crippen LogP contribution in [0.2, 0.25) is 0 Å². The summed E-state index contributed by atoms with van der Waals surface area (Å²) in [6.45, 7) is 4.67. The van der Waals surface area contributed by atoms with Crippen molar-refractivity contribution in [1.29, 1.82) is 0 Å². The van der Waals surface area contributed by atoms with E-state index < -0.39 is 18.0 Å². The van der Waals surface area contributed by atoms with Gasteiger partial charge in [-0.2, -0.15) is 18.2 Å². The summed E-state index contributed by atoms with van der Waals surface area (Å²) in [5, 5.41) is 11.0. The van der Waals surface area contributed by atoms with E-state index in [4.69, 9.17) is 19.2 Å². The molecule has 0 bridgehead atoms. The minimum Gasteiger partial charge on any atom is -0.475 e. The lowest BCUT2D eigenvalue weighted by molar-refractivity contribution is -0.192. The molecule has 2 aliphatic rings. The number of hydrogen-bond donors (Lipinski definition) is 1. The minimum absolute atomic E-state index is 0.0883. The van der Waals surface area contributed by atoms with Gasteiger partial charge in [-0.15, -0.1) is 0 Å². The van der Waals surface area contributed by atoms with E-state index in [9.17, 15) is 17.6 Å². The Balaban J connectivity index is 0.000000298. The molecule has 2 aliphatic heterocycles. The highest BCUT2D eigenvalue weighted by Crippen LogP contribution is 2.39. The first kappa shape index (κ1) is 20.9. The number of alkyl halides is 3. The molecule has 2 fully saturated rings. The maximum Gasteiger partial charge on any atom is 0.490 e. The van der Waals surface area contributed by atoms with Gasteiger partial charge in [0, 0.05) is 19.0 Å². The number of anilines is 1. The molecule has 0 spiro atoms. The standard InChI is InChI=1S/C14H16FN5O2.C2HF3O2/c1-8-18-13(22-19-8)12-7-21-6-9-4-20(5-11(9)12)14-16-2-10(15)3-17-14;3-2(4,5)1(6)7/h2-3,9,11-12H,4-7H2,1H3;(H,6,7)/t9-,11-,12+;/m1./s1. The maximum absolute atomic E-state index is 13.0. The Bertz CT molecular complexity index is 845. The number of aryl methyl sites for hydroxylation is 1. The highest BCUT2D eigenvalue weighted by molar-refractivity contribution is 5.73. The second kappa shape index (κ2) is 8.27. The van der Waals surface area contributed by atoms with Crippen molar-refractivity contribution in [2.24, 2.45) is 11.8 Å². The molecule has 2 aromatic rings. The van der Waals surface area contributed by atoms with Crippen molar-refractivity contribution in [3.63, 3.8) is 0 Å². The highest BCUT2D eigenvalue weighted by atomic mass is 19.4. The molecule has 4 rings (SSSR count). The third kappa shape index (κ3) is 4.96. The summed E-state index contributed by atoms with van der Waals surface area (Å²) in [5.74, 6) is -0.568. The SMILES string of the molecule is Cc1noc([C@H]2COC[C@H]3CN(c4ncc(F)cn4)C[C@H]32)n1.O=C(O)C(F)(F)F. The average molecular weight is 419 g/mol. The molecular formula is C16H17F4N5O4. The summed E-state index contributed by atoms with van der Waals surface area (Å²) in [6, 6.07) is 0. The fourth-order valence-electron chi connectivity index (χ4n) is 3.35. The van der Waals surface area contributed by atoms with Crippen LogP contribution in [-0.2, 0) is 9.53 Å². The van der Waals surface area contributed by atoms with Crippen LogP contribution < -0.4 is 4.90 Å². The predicted molar refractivity (Wildman–Crippen MR) is 87.5 cm³/mol. The number of aromatic nitrogens is 4. The molecule has 0 saturated carbocycles. The third-order valence-electron chi connectivity index (χ3n) is 4.63. The van der Waals surface area contributed by atoms with Gasteiger partial charge in [0.05, 0.1) is 31.5 Å². The number of fused-ring (bicyclic) bond motifs is 1. The molecule has 0 radical (unpaired) electrons. The molecule has 158 valence electrons. The molecule has 4 heterocycles. The van der Waals surface area contributed by atoms with Gasteiger partial charge in [-0.3, -0.25) is 0 Å². The average Bonchev–Trinajstić information content (AvgIpc) is 3.28. The molecule has 1 N–H and O–H groups in total. The molecule has 2 saturated heterocycles. The van der Waals surface area contributed by atoms with Gasteiger partial charge in [0.25, 0.3) is 0 Å². The van der Waals surface area contributed by atoms with Crippen LogP contribution in [0.1, 0.15) is 17.6 Å². The second-order valence-corrected chi connectivity index (χ2v) is 6.66. The summed E-state index contributed by atoms with van der Waals surface area (Å²) in [7, 11) is 0. The van der Waals surface area contributed by atoms with Gasteiger partial charge in [0.1, 0.15) is 0 Å². The lowest BCUT2D eigenvalue weighted by Crippen LogP contribution is -2.33. The van der Waals surface area contributed by atoms with Gasteiger partial charge in [-0.05, 0) is 12.8 Å². The van der Waals surface area contributed by atoms with Gasteiger partial charge < -0.3 is 19.3 Å². The Kier molecular flexibility index (Phi) is 5.96. The van der Waals surface area contributed by atoms with Gasteiger partial charge in [0.15, 0.2) is 11.6 Å². The first-order valence-corrected chi connectivity index (χ1v) is 8.55. The lowest BCUT2D eigenvalue weighted by atomic mass is 9.83. The molecule has 2 aromatic heterocycles. The number of aliphatic carboxylic acids is 1. The van der Waals surface area contributed by atoms with Gasteiger partial charge >= 0.3 is 12.1 Å².